The van der Waals surface area contributed by atoms with Gasteiger partial charge in [0, 0.05) is 5.41 Å². The zero-order valence-corrected chi connectivity index (χ0v) is 11.2. The van der Waals surface area contributed by atoms with Gasteiger partial charge in [0.1, 0.15) is 11.9 Å². The molecule has 18 heavy (non-hydrogen) atoms. The summed E-state index contributed by atoms with van der Waals surface area (Å²) in [5.41, 5.74) is 1.25. The van der Waals surface area contributed by atoms with Crippen molar-refractivity contribution in [1.82, 2.24) is 0 Å². The first-order chi connectivity index (χ1) is 8.57. The summed E-state index contributed by atoms with van der Waals surface area (Å²) < 4.78 is 6.14. The Hall–Kier alpha value is -1.76. The van der Waals surface area contributed by atoms with E-state index in [0.717, 1.165) is 5.75 Å². The molecule has 0 saturated carbocycles. The van der Waals surface area contributed by atoms with E-state index >= 15 is 0 Å². The van der Waals surface area contributed by atoms with Crippen LogP contribution in [0.3, 0.4) is 0 Å². The van der Waals surface area contributed by atoms with E-state index in [4.69, 9.17) is 4.74 Å². The smallest absolute Gasteiger partial charge is 0.128 e. The van der Waals surface area contributed by atoms with Crippen LogP contribution in [0, 0.1) is 11.5 Å². The molecule has 1 unspecified atom stereocenters. The van der Waals surface area contributed by atoms with Gasteiger partial charge < -0.3 is 4.74 Å². The summed E-state index contributed by atoms with van der Waals surface area (Å²) in [4.78, 5) is 0. The van der Waals surface area contributed by atoms with Gasteiger partial charge in [-0.3, -0.25) is 0 Å². The van der Waals surface area contributed by atoms with Crippen LogP contribution in [0.5, 0.6) is 5.75 Å². The van der Waals surface area contributed by atoms with Crippen molar-refractivity contribution >= 4 is 0 Å². The van der Waals surface area contributed by atoms with Gasteiger partial charge in [0.2, 0.25) is 0 Å². The molecule has 0 heterocycles. The minimum Gasteiger partial charge on any atom is -0.485 e. The average molecular weight is 239 g/mol. The fraction of sp³-hybridized carbons (Fsp3) is 0.294. The Morgan fingerprint density at radius 2 is 1.56 bits per heavy atom. The van der Waals surface area contributed by atoms with E-state index in [1.807, 2.05) is 30.3 Å². The second kappa shape index (κ2) is 5.26. The maximum absolute atomic E-state index is 6.14. The maximum Gasteiger partial charge on any atom is 0.128 e. The van der Waals surface area contributed by atoms with Crippen LogP contribution in [-0.4, -0.2) is 0 Å². The monoisotopic (exact) mass is 239 g/mol. The molecule has 0 N–H and O–H groups in total. The Balaban J connectivity index is 2.28. The van der Waals surface area contributed by atoms with Crippen molar-refractivity contribution in [3.63, 3.8) is 0 Å². The number of hydrogen-bond donors (Lipinski definition) is 0. The van der Waals surface area contributed by atoms with Crippen LogP contribution >= 0.6 is 0 Å². The van der Waals surface area contributed by atoms with E-state index in [1.54, 1.807) is 0 Å². The van der Waals surface area contributed by atoms with Crippen LogP contribution in [0.15, 0.2) is 54.6 Å². The molecule has 0 fully saturated rings. The van der Waals surface area contributed by atoms with E-state index in [1.165, 1.54) is 5.56 Å². The number of hydrogen-bond acceptors (Lipinski definition) is 1. The van der Waals surface area contributed by atoms with Crippen LogP contribution in [0.1, 0.15) is 32.4 Å². The molecule has 1 radical (unpaired) electrons. The minimum atomic E-state index is 0.0426. The molecule has 0 aromatic heterocycles. The van der Waals surface area contributed by atoms with Gasteiger partial charge in [-0.25, -0.2) is 0 Å². The third-order valence-corrected chi connectivity index (χ3v) is 2.83. The van der Waals surface area contributed by atoms with Crippen LogP contribution in [0.25, 0.3) is 0 Å². The largest absolute Gasteiger partial charge is 0.485 e. The van der Waals surface area contributed by atoms with Crippen molar-refractivity contribution in [2.75, 3.05) is 0 Å². The molecule has 0 aliphatic heterocycles. The summed E-state index contributed by atoms with van der Waals surface area (Å²) in [5, 5.41) is 0. The summed E-state index contributed by atoms with van der Waals surface area (Å²) in [6, 6.07) is 21.0. The lowest BCUT2D eigenvalue weighted by atomic mass is 9.84. The number of rotatable bonds is 3. The van der Waals surface area contributed by atoms with Gasteiger partial charge in [0.25, 0.3) is 0 Å². The van der Waals surface area contributed by atoms with Gasteiger partial charge in [-0.05, 0) is 23.8 Å². The summed E-state index contributed by atoms with van der Waals surface area (Å²) in [5.74, 6) is 0.887. The summed E-state index contributed by atoms with van der Waals surface area (Å²) >= 11 is 0. The number of ether oxygens (including phenoxy) is 1. The summed E-state index contributed by atoms with van der Waals surface area (Å²) in [6.45, 7) is 6.58. The first kappa shape index (κ1) is 12.7. The van der Waals surface area contributed by atoms with Crippen molar-refractivity contribution in [1.29, 1.82) is 0 Å². The second-order valence-corrected chi connectivity index (χ2v) is 5.51. The molecule has 93 valence electrons. The highest BCUT2D eigenvalue weighted by atomic mass is 16.5. The Morgan fingerprint density at radius 3 is 2.11 bits per heavy atom. The van der Waals surface area contributed by atoms with E-state index in [0.29, 0.717) is 0 Å². The van der Waals surface area contributed by atoms with Gasteiger partial charge in [0.15, 0.2) is 0 Å². The highest BCUT2D eigenvalue weighted by molar-refractivity contribution is 5.25. The normalized spacial score (nSPS) is 13.1. The summed E-state index contributed by atoms with van der Waals surface area (Å²) in [6.07, 6.45) is 0.0427. The topological polar surface area (TPSA) is 9.23 Å². The second-order valence-electron chi connectivity index (χ2n) is 5.51. The molecule has 1 nitrogen and oxygen atoms in total. The molecule has 2 aromatic rings. The Bertz CT molecular complexity index is 468. The van der Waals surface area contributed by atoms with Crippen LogP contribution in [-0.2, 0) is 0 Å². The van der Waals surface area contributed by atoms with Gasteiger partial charge in [-0.2, -0.15) is 0 Å². The molecular weight excluding hydrogens is 220 g/mol. The first-order valence-corrected chi connectivity index (χ1v) is 6.25. The fourth-order valence-electron chi connectivity index (χ4n) is 1.96. The SMILES string of the molecule is CC(C)(C)C(Oc1cc[c]cc1)c1ccccc1. The lowest BCUT2D eigenvalue weighted by Gasteiger charge is -2.31. The third kappa shape index (κ3) is 3.13. The Kier molecular flexibility index (Phi) is 3.71. The van der Waals surface area contributed by atoms with E-state index < -0.39 is 0 Å². The highest BCUT2D eigenvalue weighted by Crippen LogP contribution is 2.36. The van der Waals surface area contributed by atoms with Crippen molar-refractivity contribution in [3.8, 4) is 5.75 Å². The molecule has 1 atom stereocenters. The van der Waals surface area contributed by atoms with E-state index in [2.05, 4.69) is 51.1 Å². The molecule has 2 rings (SSSR count). The molecule has 0 saturated heterocycles. The fourth-order valence-corrected chi connectivity index (χ4v) is 1.96. The van der Waals surface area contributed by atoms with Gasteiger partial charge in [-0.15, -0.1) is 0 Å². The van der Waals surface area contributed by atoms with Gasteiger partial charge >= 0.3 is 0 Å². The van der Waals surface area contributed by atoms with Crippen LogP contribution in [0.2, 0.25) is 0 Å². The van der Waals surface area contributed by atoms with Crippen molar-refractivity contribution < 1.29 is 4.74 Å². The van der Waals surface area contributed by atoms with Gasteiger partial charge in [-0.1, -0.05) is 63.2 Å². The molecule has 1 heteroatoms. The quantitative estimate of drug-likeness (QED) is 0.757. The third-order valence-electron chi connectivity index (χ3n) is 2.83. The van der Waals surface area contributed by atoms with Crippen molar-refractivity contribution in [2.45, 2.75) is 26.9 Å². The molecule has 0 aliphatic rings. The standard InChI is InChI=1S/C17H19O/c1-17(2,3)16(14-10-6-4-7-11-14)18-15-12-8-5-9-13-15/h4,6-13,16H,1-3H3. The van der Waals surface area contributed by atoms with E-state index in [9.17, 15) is 0 Å². The zero-order valence-electron chi connectivity index (χ0n) is 11.2. The number of benzene rings is 2. The molecule has 2 aromatic carbocycles. The first-order valence-electron chi connectivity index (χ1n) is 6.25. The van der Waals surface area contributed by atoms with Crippen molar-refractivity contribution in [3.05, 3.63) is 66.2 Å². The van der Waals surface area contributed by atoms with E-state index in [-0.39, 0.29) is 11.5 Å². The molecule has 0 spiro atoms. The predicted octanol–water partition coefficient (Wildman–Crippen LogP) is 4.65. The lowest BCUT2D eigenvalue weighted by Crippen LogP contribution is -2.23. The lowest BCUT2D eigenvalue weighted by molar-refractivity contribution is 0.0868. The maximum atomic E-state index is 6.14. The van der Waals surface area contributed by atoms with Crippen molar-refractivity contribution in [2.24, 2.45) is 5.41 Å². The summed E-state index contributed by atoms with van der Waals surface area (Å²) in [7, 11) is 0. The Morgan fingerprint density at radius 1 is 0.944 bits per heavy atom. The zero-order chi connectivity index (χ0) is 13.0. The van der Waals surface area contributed by atoms with Crippen LogP contribution < -0.4 is 4.74 Å². The minimum absolute atomic E-state index is 0.0426. The molecule has 0 bridgehead atoms. The molecule has 0 aliphatic carbocycles. The van der Waals surface area contributed by atoms with Crippen LogP contribution in [0.4, 0.5) is 0 Å². The molecule has 0 amide bonds. The highest BCUT2D eigenvalue weighted by Gasteiger charge is 2.28. The predicted molar refractivity (Wildman–Crippen MR) is 74.5 cm³/mol. The molecular formula is C17H19O. The average Bonchev–Trinajstić information content (AvgIpc) is 2.37. The Labute approximate surface area is 109 Å². The van der Waals surface area contributed by atoms with Gasteiger partial charge in [0.05, 0.1) is 0 Å².